The number of amides is 5. The van der Waals surface area contributed by atoms with Gasteiger partial charge in [0, 0.05) is 12.1 Å². The third-order valence-corrected chi connectivity index (χ3v) is 8.12. The van der Waals surface area contributed by atoms with Gasteiger partial charge in [-0.1, -0.05) is 45.9 Å². The molecule has 3 unspecified atom stereocenters. The number of aromatic nitrogens is 3. The van der Waals surface area contributed by atoms with Crippen LogP contribution in [0.5, 0.6) is 0 Å². The first kappa shape index (κ1) is 44.2. The Hall–Kier alpha value is -6.20. The van der Waals surface area contributed by atoms with Crippen molar-refractivity contribution in [1.29, 1.82) is 0 Å². The van der Waals surface area contributed by atoms with Crippen LogP contribution in [-0.2, 0) is 39.9 Å². The van der Waals surface area contributed by atoms with Crippen molar-refractivity contribution in [3.63, 3.8) is 0 Å². The predicted molar refractivity (Wildman–Crippen MR) is 206 cm³/mol. The molecule has 56 heavy (non-hydrogen) atoms. The molecule has 18 nitrogen and oxygen atoms in total. The topological polar surface area (TPSA) is 255 Å². The number of carbonyl (C=O) groups is 6. The quantitative estimate of drug-likeness (QED) is 0.0502. The van der Waals surface area contributed by atoms with Gasteiger partial charge >= 0.3 is 18.2 Å². The van der Waals surface area contributed by atoms with Crippen molar-refractivity contribution in [1.82, 2.24) is 30.5 Å². The molecule has 3 rings (SSSR count). The average Bonchev–Trinajstić information content (AvgIpc) is 3.51. The van der Waals surface area contributed by atoms with E-state index < -0.39 is 76.7 Å². The van der Waals surface area contributed by atoms with Crippen molar-refractivity contribution in [2.75, 3.05) is 11.9 Å². The van der Waals surface area contributed by atoms with Crippen LogP contribution < -0.4 is 32.6 Å². The fourth-order valence-electron chi connectivity index (χ4n) is 5.35. The Balaban J connectivity index is 1.89. The third-order valence-electron chi connectivity index (χ3n) is 8.12. The number of allylic oxidation sites excluding steroid dienone is 1. The van der Waals surface area contributed by atoms with Crippen LogP contribution in [0.25, 0.3) is 11.0 Å². The molecule has 7 N–H and O–H groups in total. The summed E-state index contributed by atoms with van der Waals surface area (Å²) in [6, 6.07) is 7.63. The second-order valence-corrected chi connectivity index (χ2v) is 14.5. The molecule has 304 valence electrons. The van der Waals surface area contributed by atoms with E-state index in [9.17, 15) is 33.6 Å². The molecule has 0 fully saturated rings. The highest BCUT2D eigenvalue weighted by molar-refractivity contribution is 5.97. The van der Waals surface area contributed by atoms with Crippen LogP contribution in [-0.4, -0.2) is 80.4 Å². The molecule has 3 atom stereocenters. The second kappa shape index (κ2) is 19.4. The first-order chi connectivity index (χ1) is 26.3. The molecule has 0 aliphatic rings. The molecule has 0 aliphatic heterocycles. The predicted octanol–water partition coefficient (Wildman–Crippen LogP) is 3.21. The van der Waals surface area contributed by atoms with E-state index in [1.54, 1.807) is 40.7 Å². The number of alkyl carbamates (subject to hydrolysis) is 2. The SMILES string of the molecule is CCOC(=O)C(NC(=O)C(NC(=O)OC(C)(C)C)C(C)C)(OC(=O)NC(CC/C=C/C(N)=O)C(=O)Nc1cccn(Cc2nc3ccccc3[nH]2)c1=O)C(C)C. The van der Waals surface area contributed by atoms with Gasteiger partial charge in [-0.3, -0.25) is 19.2 Å². The summed E-state index contributed by atoms with van der Waals surface area (Å²) in [5.41, 5.74) is 2.69. The summed E-state index contributed by atoms with van der Waals surface area (Å²) in [6.07, 6.45) is 1.72. The molecular weight excluding hydrogens is 728 g/mol. The van der Waals surface area contributed by atoms with E-state index >= 15 is 0 Å². The minimum absolute atomic E-state index is 0.0583. The lowest BCUT2D eigenvalue weighted by molar-refractivity contribution is -0.178. The van der Waals surface area contributed by atoms with Gasteiger partial charge in [0.25, 0.3) is 11.3 Å². The zero-order valence-corrected chi connectivity index (χ0v) is 32.9. The van der Waals surface area contributed by atoms with Gasteiger partial charge in [-0.2, -0.15) is 0 Å². The molecule has 0 saturated heterocycles. The fourth-order valence-corrected chi connectivity index (χ4v) is 5.35. The summed E-state index contributed by atoms with van der Waals surface area (Å²) in [4.78, 5) is 99.7. The van der Waals surface area contributed by atoms with E-state index in [0.717, 1.165) is 11.6 Å². The summed E-state index contributed by atoms with van der Waals surface area (Å²) >= 11 is 0. The molecule has 0 radical (unpaired) electrons. The van der Waals surface area contributed by atoms with Gasteiger partial charge in [0.05, 0.1) is 24.2 Å². The smallest absolute Gasteiger partial charge is 0.410 e. The molecule has 0 bridgehead atoms. The van der Waals surface area contributed by atoms with Crippen molar-refractivity contribution in [3.05, 3.63) is 70.9 Å². The molecule has 0 spiro atoms. The van der Waals surface area contributed by atoms with E-state index in [2.05, 4.69) is 31.2 Å². The lowest BCUT2D eigenvalue weighted by Gasteiger charge is -2.37. The maximum atomic E-state index is 13.7. The standard InChI is InChI=1S/C38H52N8O10/c1-9-54-34(51)38(23(4)5,45-32(49)30(22(2)3)44-36(53)55-37(6,7)8)56-35(52)43-26(17-12-13-19-28(39)47)31(48)42-27-18-14-20-46(33(27)50)21-29-40-24-15-10-11-16-25(24)41-29/h10-11,13-16,18-20,22-23,26,30H,9,12,17,21H2,1-8H3,(H2,39,47)(H,40,41)(H,42,48)(H,43,52)(H,44,53)(H,45,49)/b19-13+. The summed E-state index contributed by atoms with van der Waals surface area (Å²) in [6.45, 7) is 12.6. The lowest BCUT2D eigenvalue weighted by Crippen LogP contribution is -2.66. The van der Waals surface area contributed by atoms with E-state index in [4.69, 9.17) is 19.9 Å². The number of nitrogens with one attached hydrogen (secondary N) is 5. The lowest BCUT2D eigenvalue weighted by atomic mass is 9.96. The van der Waals surface area contributed by atoms with E-state index in [0.29, 0.717) is 11.3 Å². The number of H-pyrrole nitrogens is 1. The number of hydrogen-bond donors (Lipinski definition) is 6. The minimum atomic E-state index is -2.45. The number of rotatable bonds is 17. The number of anilines is 1. The van der Waals surface area contributed by atoms with Gasteiger partial charge in [-0.05, 0) is 76.8 Å². The zero-order chi connectivity index (χ0) is 41.8. The molecule has 18 heteroatoms. The Kier molecular flexibility index (Phi) is 15.3. The number of fused-ring (bicyclic) bond motifs is 1. The number of esters is 1. The minimum Gasteiger partial charge on any atom is -0.462 e. The molecule has 3 aromatic rings. The van der Waals surface area contributed by atoms with Crippen LogP contribution in [0.15, 0.2) is 59.5 Å². The van der Waals surface area contributed by atoms with Gasteiger partial charge in [0.2, 0.25) is 17.7 Å². The number of imidazole rings is 1. The van der Waals surface area contributed by atoms with E-state index in [1.165, 1.54) is 43.7 Å². The van der Waals surface area contributed by atoms with Gasteiger partial charge in [-0.25, -0.2) is 19.4 Å². The van der Waals surface area contributed by atoms with Crippen LogP contribution in [0.4, 0.5) is 15.3 Å². The van der Waals surface area contributed by atoms with Crippen LogP contribution >= 0.6 is 0 Å². The number of ether oxygens (including phenoxy) is 3. The largest absolute Gasteiger partial charge is 0.462 e. The highest BCUT2D eigenvalue weighted by Gasteiger charge is 2.50. The molecule has 0 saturated carbocycles. The fraction of sp³-hybridized carbons (Fsp3) is 0.474. The van der Waals surface area contributed by atoms with E-state index in [-0.39, 0.29) is 31.7 Å². The van der Waals surface area contributed by atoms with Crippen molar-refractivity contribution in [2.24, 2.45) is 17.6 Å². The summed E-state index contributed by atoms with van der Waals surface area (Å²) in [7, 11) is 0. The molecule has 5 amide bonds. The Morgan fingerprint density at radius 3 is 2.23 bits per heavy atom. The van der Waals surface area contributed by atoms with Crippen molar-refractivity contribution >= 4 is 52.6 Å². The average molecular weight is 781 g/mol. The molecule has 2 heterocycles. The number of primary amides is 1. The van der Waals surface area contributed by atoms with Crippen molar-refractivity contribution in [2.45, 2.75) is 98.2 Å². The normalized spacial score (nSPS) is 13.8. The number of hydrogen-bond acceptors (Lipinski definition) is 11. The first-order valence-corrected chi connectivity index (χ1v) is 18.1. The number of para-hydroxylation sites is 2. The Labute approximate surface area is 324 Å². The van der Waals surface area contributed by atoms with Gasteiger partial charge in [0.1, 0.15) is 29.2 Å². The molecule has 1 aromatic carbocycles. The van der Waals surface area contributed by atoms with Crippen molar-refractivity contribution in [3.8, 4) is 0 Å². The number of benzene rings is 1. The summed E-state index contributed by atoms with van der Waals surface area (Å²) in [5.74, 6) is -4.57. The molecule has 2 aromatic heterocycles. The van der Waals surface area contributed by atoms with Crippen molar-refractivity contribution < 1.29 is 43.0 Å². The van der Waals surface area contributed by atoms with Crippen LogP contribution in [0.3, 0.4) is 0 Å². The Morgan fingerprint density at radius 2 is 1.62 bits per heavy atom. The monoisotopic (exact) mass is 780 g/mol. The van der Waals surface area contributed by atoms with Gasteiger partial charge < -0.3 is 50.8 Å². The maximum absolute atomic E-state index is 13.7. The highest BCUT2D eigenvalue weighted by Crippen LogP contribution is 2.23. The Morgan fingerprint density at radius 1 is 0.946 bits per heavy atom. The number of carbonyl (C=O) groups excluding carboxylic acids is 6. The Bertz CT molecular complexity index is 1950. The summed E-state index contributed by atoms with van der Waals surface area (Å²) < 4.78 is 17.5. The number of pyridine rings is 1. The second-order valence-electron chi connectivity index (χ2n) is 14.5. The zero-order valence-electron chi connectivity index (χ0n) is 32.9. The van der Waals surface area contributed by atoms with Crippen LogP contribution in [0.2, 0.25) is 0 Å². The molecule has 0 aliphatic carbocycles. The van der Waals surface area contributed by atoms with E-state index in [1.807, 2.05) is 24.3 Å². The first-order valence-electron chi connectivity index (χ1n) is 18.1. The maximum Gasteiger partial charge on any atom is 0.410 e. The van der Waals surface area contributed by atoms with Crippen LogP contribution in [0.1, 0.15) is 74.1 Å². The van der Waals surface area contributed by atoms with Gasteiger partial charge in [-0.15, -0.1) is 0 Å². The number of aromatic amines is 1. The van der Waals surface area contributed by atoms with Crippen LogP contribution in [0, 0.1) is 11.8 Å². The third kappa shape index (κ3) is 12.4. The summed E-state index contributed by atoms with van der Waals surface area (Å²) in [5, 5.41) is 9.90. The molecular formula is C38H52N8O10. The number of nitrogens with two attached hydrogens (primary N) is 1. The number of nitrogens with zero attached hydrogens (tertiary/aromatic N) is 2. The highest BCUT2D eigenvalue weighted by atomic mass is 16.6. The van der Waals surface area contributed by atoms with Gasteiger partial charge in [0.15, 0.2) is 0 Å².